The van der Waals surface area contributed by atoms with Gasteiger partial charge in [0.15, 0.2) is 0 Å². The summed E-state index contributed by atoms with van der Waals surface area (Å²) < 4.78 is 0. The standard InChI is InChI=1S/C24H31N3O2/c1-17(21-13-12-19-6-4-5-7-22(19)14-21)26-23(28)16-27(3)15-18-8-10-20(11-9-18)24(29)25-2/h8-14,17H,4-7,15-16H2,1-3H3,(H,25,29)(H,26,28)/t17-/m0/s1. The van der Waals surface area contributed by atoms with Gasteiger partial charge in [-0.2, -0.15) is 0 Å². The van der Waals surface area contributed by atoms with Crippen molar-refractivity contribution >= 4 is 11.8 Å². The Kier molecular flexibility index (Phi) is 7.04. The molecule has 1 atom stereocenters. The molecular weight excluding hydrogens is 362 g/mol. The molecule has 2 amide bonds. The molecule has 3 rings (SSSR count). The zero-order valence-corrected chi connectivity index (χ0v) is 17.6. The van der Waals surface area contributed by atoms with Crippen LogP contribution in [0.25, 0.3) is 0 Å². The number of rotatable bonds is 7. The minimum atomic E-state index is -0.0968. The number of hydrogen-bond donors (Lipinski definition) is 2. The van der Waals surface area contributed by atoms with Crippen LogP contribution in [0.1, 0.15) is 58.4 Å². The van der Waals surface area contributed by atoms with E-state index >= 15 is 0 Å². The first-order valence-corrected chi connectivity index (χ1v) is 10.4. The number of benzene rings is 2. The quantitative estimate of drug-likeness (QED) is 0.759. The third-order valence-electron chi connectivity index (χ3n) is 5.56. The molecule has 1 aliphatic rings. The Hall–Kier alpha value is -2.66. The van der Waals surface area contributed by atoms with Gasteiger partial charge in [-0.15, -0.1) is 0 Å². The molecule has 2 aromatic rings. The number of nitrogens with one attached hydrogen (secondary N) is 2. The molecule has 0 bridgehead atoms. The van der Waals surface area contributed by atoms with Crippen LogP contribution in [0, 0.1) is 0 Å². The van der Waals surface area contributed by atoms with E-state index in [1.54, 1.807) is 19.2 Å². The lowest BCUT2D eigenvalue weighted by Gasteiger charge is -2.21. The van der Waals surface area contributed by atoms with Crippen molar-refractivity contribution < 1.29 is 9.59 Å². The molecule has 29 heavy (non-hydrogen) atoms. The zero-order chi connectivity index (χ0) is 20.8. The summed E-state index contributed by atoms with van der Waals surface area (Å²) in [5.41, 5.74) is 5.77. The van der Waals surface area contributed by atoms with Crippen molar-refractivity contribution in [2.24, 2.45) is 0 Å². The van der Waals surface area contributed by atoms with E-state index in [2.05, 4.69) is 28.8 Å². The van der Waals surface area contributed by atoms with Crippen LogP contribution in [0.5, 0.6) is 0 Å². The predicted octanol–water partition coefficient (Wildman–Crippen LogP) is 3.23. The third-order valence-corrected chi connectivity index (χ3v) is 5.56. The Morgan fingerprint density at radius 1 is 1.03 bits per heavy atom. The van der Waals surface area contributed by atoms with Gasteiger partial charge in [-0.3, -0.25) is 14.5 Å². The van der Waals surface area contributed by atoms with E-state index in [0.717, 1.165) is 12.0 Å². The van der Waals surface area contributed by atoms with Crippen LogP contribution >= 0.6 is 0 Å². The van der Waals surface area contributed by atoms with Crippen molar-refractivity contribution in [1.82, 2.24) is 15.5 Å². The number of hydrogen-bond acceptors (Lipinski definition) is 3. The number of likely N-dealkylation sites (N-methyl/N-ethyl adjacent to an activating group) is 1. The van der Waals surface area contributed by atoms with Gasteiger partial charge in [0.2, 0.25) is 5.91 Å². The van der Waals surface area contributed by atoms with Crippen LogP contribution in [-0.2, 0) is 24.2 Å². The number of fused-ring (bicyclic) bond motifs is 1. The van der Waals surface area contributed by atoms with Crippen molar-refractivity contribution in [2.45, 2.75) is 45.2 Å². The summed E-state index contributed by atoms with van der Waals surface area (Å²) in [4.78, 5) is 26.1. The van der Waals surface area contributed by atoms with Crippen LogP contribution in [-0.4, -0.2) is 37.4 Å². The summed E-state index contributed by atoms with van der Waals surface area (Å²) >= 11 is 0. The summed E-state index contributed by atoms with van der Waals surface area (Å²) in [6.45, 7) is 3.01. The molecule has 2 N–H and O–H groups in total. The van der Waals surface area contributed by atoms with Crippen LogP contribution in [0.3, 0.4) is 0 Å². The van der Waals surface area contributed by atoms with Crippen molar-refractivity contribution in [2.75, 3.05) is 20.6 Å². The van der Waals surface area contributed by atoms with Gasteiger partial charge in [0.05, 0.1) is 12.6 Å². The van der Waals surface area contributed by atoms with Gasteiger partial charge in [0.1, 0.15) is 0 Å². The Balaban J connectivity index is 1.51. The molecule has 0 radical (unpaired) electrons. The van der Waals surface area contributed by atoms with Crippen LogP contribution < -0.4 is 10.6 Å². The summed E-state index contributed by atoms with van der Waals surface area (Å²) in [7, 11) is 3.55. The van der Waals surface area contributed by atoms with Gasteiger partial charge >= 0.3 is 0 Å². The van der Waals surface area contributed by atoms with E-state index in [4.69, 9.17) is 0 Å². The summed E-state index contributed by atoms with van der Waals surface area (Å²) in [6.07, 6.45) is 4.85. The second-order valence-corrected chi connectivity index (χ2v) is 7.97. The van der Waals surface area contributed by atoms with Gasteiger partial charge < -0.3 is 10.6 Å². The molecule has 0 aromatic heterocycles. The monoisotopic (exact) mass is 393 g/mol. The minimum absolute atomic E-state index is 0.00466. The smallest absolute Gasteiger partial charge is 0.251 e. The highest BCUT2D eigenvalue weighted by Gasteiger charge is 2.15. The molecule has 0 saturated heterocycles. The Morgan fingerprint density at radius 2 is 1.72 bits per heavy atom. The maximum Gasteiger partial charge on any atom is 0.251 e. The topological polar surface area (TPSA) is 61.4 Å². The van der Waals surface area contributed by atoms with E-state index in [0.29, 0.717) is 18.7 Å². The minimum Gasteiger partial charge on any atom is -0.355 e. The lowest BCUT2D eigenvalue weighted by atomic mass is 9.89. The van der Waals surface area contributed by atoms with Gasteiger partial charge in [0.25, 0.3) is 5.91 Å². The van der Waals surface area contributed by atoms with Crippen molar-refractivity contribution in [1.29, 1.82) is 0 Å². The van der Waals surface area contributed by atoms with Gasteiger partial charge in [-0.25, -0.2) is 0 Å². The maximum atomic E-state index is 12.5. The fourth-order valence-corrected chi connectivity index (χ4v) is 3.91. The van der Waals surface area contributed by atoms with Crippen molar-refractivity contribution in [3.05, 3.63) is 70.3 Å². The zero-order valence-electron chi connectivity index (χ0n) is 17.6. The third kappa shape index (κ3) is 5.67. The molecule has 2 aromatic carbocycles. The number of carbonyl (C=O) groups is 2. The SMILES string of the molecule is CNC(=O)c1ccc(CN(C)CC(=O)N[C@@H](C)c2ccc3c(c2)CCCC3)cc1. The largest absolute Gasteiger partial charge is 0.355 e. The average Bonchev–Trinajstić information content (AvgIpc) is 2.73. The first-order valence-electron chi connectivity index (χ1n) is 10.4. The van der Waals surface area contributed by atoms with E-state index in [9.17, 15) is 9.59 Å². The van der Waals surface area contributed by atoms with Crippen molar-refractivity contribution in [3.8, 4) is 0 Å². The molecule has 0 spiro atoms. The fourth-order valence-electron chi connectivity index (χ4n) is 3.91. The highest BCUT2D eigenvalue weighted by atomic mass is 16.2. The highest BCUT2D eigenvalue weighted by Crippen LogP contribution is 2.24. The Labute approximate surface area is 173 Å². The van der Waals surface area contributed by atoms with E-state index < -0.39 is 0 Å². The van der Waals surface area contributed by atoms with E-state index in [1.165, 1.54) is 36.0 Å². The summed E-state index contributed by atoms with van der Waals surface area (Å²) in [6, 6.07) is 14.1. The van der Waals surface area contributed by atoms with Crippen LogP contribution in [0.2, 0.25) is 0 Å². The molecule has 0 saturated carbocycles. The van der Waals surface area contributed by atoms with Gasteiger partial charge in [-0.05, 0) is 74.0 Å². The predicted molar refractivity (Wildman–Crippen MR) is 116 cm³/mol. The first kappa shape index (κ1) is 21.1. The summed E-state index contributed by atoms with van der Waals surface area (Å²) in [5, 5.41) is 5.73. The molecule has 5 heteroatoms. The van der Waals surface area contributed by atoms with Gasteiger partial charge in [0, 0.05) is 19.2 Å². The number of carbonyl (C=O) groups excluding carboxylic acids is 2. The highest BCUT2D eigenvalue weighted by molar-refractivity contribution is 5.93. The maximum absolute atomic E-state index is 12.5. The molecule has 5 nitrogen and oxygen atoms in total. The Morgan fingerprint density at radius 3 is 2.41 bits per heavy atom. The van der Waals surface area contributed by atoms with Crippen LogP contribution in [0.15, 0.2) is 42.5 Å². The molecule has 0 unspecified atom stereocenters. The normalized spacial score (nSPS) is 14.2. The number of amides is 2. The first-order chi connectivity index (χ1) is 14.0. The van der Waals surface area contributed by atoms with E-state index in [1.807, 2.05) is 31.0 Å². The van der Waals surface area contributed by atoms with Crippen LogP contribution in [0.4, 0.5) is 0 Å². The molecule has 0 heterocycles. The Bertz CT molecular complexity index is 861. The van der Waals surface area contributed by atoms with Gasteiger partial charge in [-0.1, -0.05) is 30.3 Å². The molecule has 154 valence electrons. The lowest BCUT2D eigenvalue weighted by molar-refractivity contribution is -0.122. The van der Waals surface area contributed by atoms with E-state index in [-0.39, 0.29) is 17.9 Å². The molecule has 0 aliphatic heterocycles. The number of aryl methyl sites for hydroxylation is 2. The molecular formula is C24H31N3O2. The summed E-state index contributed by atoms with van der Waals surface area (Å²) in [5.74, 6) is -0.0832. The second kappa shape index (κ2) is 9.70. The average molecular weight is 394 g/mol. The molecule has 0 fully saturated rings. The molecule has 1 aliphatic carbocycles. The number of nitrogens with zero attached hydrogens (tertiary/aromatic N) is 1. The fraction of sp³-hybridized carbons (Fsp3) is 0.417. The lowest BCUT2D eigenvalue weighted by Crippen LogP contribution is -2.36. The van der Waals surface area contributed by atoms with Crippen molar-refractivity contribution in [3.63, 3.8) is 0 Å². The second-order valence-electron chi connectivity index (χ2n) is 7.97.